The van der Waals surface area contributed by atoms with Gasteiger partial charge in [0.15, 0.2) is 0 Å². The molecular formula is C15H26N2O3. The SMILES string of the molecule is CCCC1C(=O)N(C2CC2)CCN1C(=O)OC(C)(C)C. The molecule has 0 aromatic heterocycles. The summed E-state index contributed by atoms with van der Waals surface area (Å²) >= 11 is 0. The molecule has 1 aliphatic heterocycles. The molecule has 1 saturated carbocycles. The van der Waals surface area contributed by atoms with Gasteiger partial charge in [-0.3, -0.25) is 9.69 Å². The van der Waals surface area contributed by atoms with Crippen molar-refractivity contribution in [1.82, 2.24) is 9.80 Å². The van der Waals surface area contributed by atoms with Gasteiger partial charge >= 0.3 is 6.09 Å². The molecule has 114 valence electrons. The molecule has 5 nitrogen and oxygen atoms in total. The summed E-state index contributed by atoms with van der Waals surface area (Å²) in [5, 5.41) is 0. The molecule has 1 heterocycles. The fraction of sp³-hybridized carbons (Fsp3) is 0.867. The van der Waals surface area contributed by atoms with Gasteiger partial charge in [0.2, 0.25) is 5.91 Å². The van der Waals surface area contributed by atoms with E-state index in [-0.39, 0.29) is 18.0 Å². The molecular weight excluding hydrogens is 256 g/mol. The summed E-state index contributed by atoms with van der Waals surface area (Å²) in [6.07, 6.45) is 3.45. The van der Waals surface area contributed by atoms with Gasteiger partial charge in [0, 0.05) is 19.1 Å². The van der Waals surface area contributed by atoms with E-state index in [1.165, 1.54) is 0 Å². The van der Waals surface area contributed by atoms with Crippen molar-refractivity contribution in [2.24, 2.45) is 0 Å². The Balaban J connectivity index is 2.07. The molecule has 20 heavy (non-hydrogen) atoms. The second kappa shape index (κ2) is 5.62. The summed E-state index contributed by atoms with van der Waals surface area (Å²) in [5.41, 5.74) is -0.523. The Morgan fingerprint density at radius 2 is 1.95 bits per heavy atom. The van der Waals surface area contributed by atoms with E-state index in [0.717, 1.165) is 19.3 Å². The van der Waals surface area contributed by atoms with Gasteiger partial charge in [-0.1, -0.05) is 13.3 Å². The van der Waals surface area contributed by atoms with Crippen LogP contribution in [0.1, 0.15) is 53.4 Å². The lowest BCUT2D eigenvalue weighted by molar-refractivity contribution is -0.142. The number of ether oxygens (including phenoxy) is 1. The van der Waals surface area contributed by atoms with Crippen molar-refractivity contribution in [2.45, 2.75) is 71.1 Å². The van der Waals surface area contributed by atoms with Gasteiger partial charge in [0.1, 0.15) is 11.6 Å². The highest BCUT2D eigenvalue weighted by atomic mass is 16.6. The lowest BCUT2D eigenvalue weighted by Gasteiger charge is -2.41. The predicted octanol–water partition coefficient (Wildman–Crippen LogP) is 2.40. The zero-order valence-electron chi connectivity index (χ0n) is 13.0. The van der Waals surface area contributed by atoms with Gasteiger partial charge in [0.05, 0.1) is 0 Å². The van der Waals surface area contributed by atoms with E-state index in [0.29, 0.717) is 25.6 Å². The molecule has 0 radical (unpaired) electrons. The van der Waals surface area contributed by atoms with Crippen LogP contribution in [0.25, 0.3) is 0 Å². The predicted molar refractivity (Wildman–Crippen MR) is 76.4 cm³/mol. The van der Waals surface area contributed by atoms with E-state index in [1.807, 2.05) is 32.6 Å². The van der Waals surface area contributed by atoms with E-state index in [1.54, 1.807) is 4.90 Å². The number of hydrogen-bond acceptors (Lipinski definition) is 3. The van der Waals surface area contributed by atoms with Crippen LogP contribution in [-0.4, -0.2) is 52.6 Å². The minimum absolute atomic E-state index is 0.103. The zero-order valence-corrected chi connectivity index (χ0v) is 13.0. The first kappa shape index (κ1) is 15.1. The largest absolute Gasteiger partial charge is 0.444 e. The lowest BCUT2D eigenvalue weighted by atomic mass is 10.1. The lowest BCUT2D eigenvalue weighted by Crippen LogP contribution is -2.59. The van der Waals surface area contributed by atoms with Crippen molar-refractivity contribution < 1.29 is 14.3 Å². The number of piperazine rings is 1. The van der Waals surface area contributed by atoms with Gasteiger partial charge in [-0.15, -0.1) is 0 Å². The van der Waals surface area contributed by atoms with Gasteiger partial charge in [-0.25, -0.2) is 4.79 Å². The molecule has 2 amide bonds. The summed E-state index contributed by atoms with van der Waals surface area (Å²) < 4.78 is 5.43. The van der Waals surface area contributed by atoms with Gasteiger partial charge < -0.3 is 9.64 Å². The Morgan fingerprint density at radius 3 is 2.45 bits per heavy atom. The Bertz CT molecular complexity index is 385. The maximum absolute atomic E-state index is 12.6. The first-order valence-electron chi connectivity index (χ1n) is 7.63. The number of carbonyl (C=O) groups is 2. The Labute approximate surface area is 121 Å². The summed E-state index contributed by atoms with van der Waals surface area (Å²) in [4.78, 5) is 28.4. The smallest absolute Gasteiger partial charge is 0.411 e. The van der Waals surface area contributed by atoms with Crippen LogP contribution in [-0.2, 0) is 9.53 Å². The van der Waals surface area contributed by atoms with E-state index >= 15 is 0 Å². The molecule has 1 aliphatic carbocycles. The molecule has 0 N–H and O–H groups in total. The quantitative estimate of drug-likeness (QED) is 0.798. The monoisotopic (exact) mass is 282 g/mol. The van der Waals surface area contributed by atoms with Crippen molar-refractivity contribution in [3.63, 3.8) is 0 Å². The Morgan fingerprint density at radius 1 is 1.30 bits per heavy atom. The third-order valence-corrected chi connectivity index (χ3v) is 3.70. The molecule has 5 heteroatoms. The highest BCUT2D eigenvalue weighted by Gasteiger charge is 2.43. The first-order chi connectivity index (χ1) is 9.33. The minimum Gasteiger partial charge on any atom is -0.444 e. The van der Waals surface area contributed by atoms with Crippen LogP contribution in [0.15, 0.2) is 0 Å². The van der Waals surface area contributed by atoms with Crippen LogP contribution in [0.2, 0.25) is 0 Å². The molecule has 0 bridgehead atoms. The number of rotatable bonds is 3. The van der Waals surface area contributed by atoms with Crippen LogP contribution < -0.4 is 0 Å². The average molecular weight is 282 g/mol. The molecule has 1 atom stereocenters. The van der Waals surface area contributed by atoms with Gasteiger partial charge in [-0.2, -0.15) is 0 Å². The van der Waals surface area contributed by atoms with Gasteiger partial charge in [-0.05, 0) is 40.0 Å². The molecule has 0 spiro atoms. The maximum Gasteiger partial charge on any atom is 0.411 e. The number of amides is 2. The van der Waals surface area contributed by atoms with Gasteiger partial charge in [0.25, 0.3) is 0 Å². The first-order valence-corrected chi connectivity index (χ1v) is 7.63. The summed E-state index contributed by atoms with van der Waals surface area (Å²) in [6, 6.07) is 0.0758. The van der Waals surface area contributed by atoms with Crippen molar-refractivity contribution >= 4 is 12.0 Å². The Kier molecular flexibility index (Phi) is 4.25. The van der Waals surface area contributed by atoms with Crippen LogP contribution in [0, 0.1) is 0 Å². The maximum atomic E-state index is 12.6. The van der Waals surface area contributed by atoms with Crippen molar-refractivity contribution in [1.29, 1.82) is 0 Å². The van der Waals surface area contributed by atoms with E-state index in [9.17, 15) is 9.59 Å². The van der Waals surface area contributed by atoms with Crippen molar-refractivity contribution in [3.05, 3.63) is 0 Å². The zero-order chi connectivity index (χ0) is 14.9. The third kappa shape index (κ3) is 3.44. The highest BCUT2D eigenvalue weighted by Crippen LogP contribution is 2.31. The second-order valence-electron chi connectivity index (χ2n) is 6.74. The molecule has 0 aromatic rings. The van der Waals surface area contributed by atoms with E-state index in [4.69, 9.17) is 4.74 Å². The second-order valence-corrected chi connectivity index (χ2v) is 6.74. The number of carbonyl (C=O) groups excluding carboxylic acids is 2. The molecule has 0 aromatic carbocycles. The molecule has 2 fully saturated rings. The van der Waals surface area contributed by atoms with E-state index in [2.05, 4.69) is 0 Å². The van der Waals surface area contributed by atoms with E-state index < -0.39 is 5.60 Å². The molecule has 1 saturated heterocycles. The molecule has 2 rings (SSSR count). The third-order valence-electron chi connectivity index (χ3n) is 3.70. The minimum atomic E-state index is -0.523. The standard InChI is InChI=1S/C15H26N2O3/c1-5-6-12-13(18)16(11-7-8-11)9-10-17(12)14(19)20-15(2,3)4/h11-12H,5-10H2,1-4H3. The molecule has 2 aliphatic rings. The topological polar surface area (TPSA) is 49.9 Å². The fourth-order valence-corrected chi connectivity index (χ4v) is 2.65. The van der Waals surface area contributed by atoms with Crippen LogP contribution >= 0.6 is 0 Å². The molecule has 1 unspecified atom stereocenters. The normalized spacial score (nSPS) is 24.0. The number of hydrogen-bond donors (Lipinski definition) is 0. The summed E-state index contributed by atoms with van der Waals surface area (Å²) in [5.74, 6) is 0.103. The Hall–Kier alpha value is -1.26. The number of nitrogens with zero attached hydrogens (tertiary/aromatic N) is 2. The van der Waals surface area contributed by atoms with Crippen LogP contribution in [0.3, 0.4) is 0 Å². The van der Waals surface area contributed by atoms with Crippen molar-refractivity contribution in [3.8, 4) is 0 Å². The summed E-state index contributed by atoms with van der Waals surface area (Å²) in [6.45, 7) is 8.81. The van der Waals surface area contributed by atoms with Crippen LogP contribution in [0.4, 0.5) is 4.79 Å². The van der Waals surface area contributed by atoms with Crippen molar-refractivity contribution in [2.75, 3.05) is 13.1 Å². The summed E-state index contributed by atoms with van der Waals surface area (Å²) in [7, 11) is 0. The average Bonchev–Trinajstić information content (AvgIpc) is 3.13. The fourth-order valence-electron chi connectivity index (χ4n) is 2.65. The van der Waals surface area contributed by atoms with Crippen LogP contribution in [0.5, 0.6) is 0 Å². The highest BCUT2D eigenvalue weighted by molar-refractivity contribution is 5.87.